The molecule has 1 fully saturated rings. The van der Waals surface area contributed by atoms with Gasteiger partial charge in [0.1, 0.15) is 5.82 Å². The van der Waals surface area contributed by atoms with Crippen LogP contribution >= 0.6 is 0 Å². The van der Waals surface area contributed by atoms with E-state index in [1.807, 2.05) is 12.1 Å². The molecule has 0 radical (unpaired) electrons. The molecule has 4 unspecified atom stereocenters. The molecule has 0 amide bonds. The van der Waals surface area contributed by atoms with Crippen LogP contribution in [0.4, 0.5) is 4.39 Å². The van der Waals surface area contributed by atoms with Gasteiger partial charge in [-0.05, 0) is 56.1 Å². The van der Waals surface area contributed by atoms with Crippen molar-refractivity contribution < 1.29 is 4.39 Å². The zero-order chi connectivity index (χ0) is 13.8. The summed E-state index contributed by atoms with van der Waals surface area (Å²) in [5, 5.41) is 3.68. The van der Waals surface area contributed by atoms with E-state index in [0.29, 0.717) is 12.1 Å². The fourth-order valence-corrected chi connectivity index (χ4v) is 3.15. The molecule has 0 saturated heterocycles. The lowest BCUT2D eigenvalue weighted by molar-refractivity contribution is 0.216. The largest absolute Gasteiger partial charge is 0.311 e. The summed E-state index contributed by atoms with van der Waals surface area (Å²) in [5.41, 5.74) is 0.819. The summed E-state index contributed by atoms with van der Waals surface area (Å²) < 4.78 is 13.6. The van der Waals surface area contributed by atoms with Crippen LogP contribution in [0.5, 0.6) is 0 Å². The number of nitrogens with one attached hydrogen (secondary N) is 1. The van der Waals surface area contributed by atoms with E-state index in [1.165, 1.54) is 19.3 Å². The average Bonchev–Trinajstić information content (AvgIpc) is 2.37. The first-order valence-electron chi connectivity index (χ1n) is 7.55. The Labute approximate surface area is 116 Å². The molecule has 19 heavy (non-hydrogen) atoms. The second-order valence-corrected chi connectivity index (χ2v) is 6.33. The molecule has 0 heterocycles. The van der Waals surface area contributed by atoms with Crippen molar-refractivity contribution in [1.82, 2.24) is 5.32 Å². The highest BCUT2D eigenvalue weighted by Crippen LogP contribution is 2.29. The minimum Gasteiger partial charge on any atom is -0.311 e. The lowest BCUT2D eigenvalue weighted by Gasteiger charge is -2.34. The van der Waals surface area contributed by atoms with Crippen LogP contribution in [0.1, 0.15) is 45.6 Å². The van der Waals surface area contributed by atoms with E-state index in [4.69, 9.17) is 0 Å². The van der Waals surface area contributed by atoms with Crippen molar-refractivity contribution in [3.63, 3.8) is 0 Å². The van der Waals surface area contributed by atoms with Gasteiger partial charge in [0, 0.05) is 12.1 Å². The second kappa shape index (κ2) is 6.51. The summed E-state index contributed by atoms with van der Waals surface area (Å²) in [4.78, 5) is 0. The molecule has 0 aromatic heterocycles. The second-order valence-electron chi connectivity index (χ2n) is 6.33. The fourth-order valence-electron chi connectivity index (χ4n) is 3.15. The first-order chi connectivity index (χ1) is 9.06. The number of hydrogen-bond acceptors (Lipinski definition) is 1. The lowest BCUT2D eigenvalue weighted by Crippen LogP contribution is -2.42. The van der Waals surface area contributed by atoms with E-state index in [1.54, 1.807) is 12.1 Å². The van der Waals surface area contributed by atoms with E-state index in [-0.39, 0.29) is 5.82 Å². The third-order valence-corrected chi connectivity index (χ3v) is 4.60. The smallest absolute Gasteiger partial charge is 0.126 e. The molecule has 1 aromatic carbocycles. The van der Waals surface area contributed by atoms with Crippen molar-refractivity contribution in [2.45, 2.75) is 58.5 Å². The predicted octanol–water partition coefficient (Wildman–Crippen LogP) is 4.17. The van der Waals surface area contributed by atoms with Gasteiger partial charge in [0.05, 0.1) is 0 Å². The van der Waals surface area contributed by atoms with Gasteiger partial charge in [0.15, 0.2) is 0 Å². The van der Waals surface area contributed by atoms with E-state index >= 15 is 0 Å². The molecule has 0 bridgehead atoms. The first kappa shape index (κ1) is 14.5. The molecule has 2 heteroatoms. The van der Waals surface area contributed by atoms with E-state index in [9.17, 15) is 4.39 Å². The van der Waals surface area contributed by atoms with Crippen LogP contribution in [0.15, 0.2) is 24.3 Å². The van der Waals surface area contributed by atoms with Gasteiger partial charge in [-0.3, -0.25) is 0 Å². The Kier molecular flexibility index (Phi) is 4.98. The summed E-state index contributed by atoms with van der Waals surface area (Å²) in [6.07, 6.45) is 4.59. The van der Waals surface area contributed by atoms with Gasteiger partial charge < -0.3 is 5.32 Å². The highest BCUT2D eigenvalue weighted by atomic mass is 19.1. The summed E-state index contributed by atoms with van der Waals surface area (Å²) in [6.45, 7) is 6.86. The van der Waals surface area contributed by atoms with Crippen molar-refractivity contribution in [1.29, 1.82) is 0 Å². The van der Waals surface area contributed by atoms with Crippen molar-refractivity contribution >= 4 is 0 Å². The molecule has 106 valence electrons. The predicted molar refractivity (Wildman–Crippen MR) is 78.7 cm³/mol. The number of rotatable bonds is 4. The fraction of sp³-hybridized carbons (Fsp3) is 0.647. The zero-order valence-corrected chi connectivity index (χ0v) is 12.3. The van der Waals surface area contributed by atoms with Crippen LogP contribution in [-0.2, 0) is 6.42 Å². The summed E-state index contributed by atoms with van der Waals surface area (Å²) in [6, 6.07) is 8.04. The Hall–Kier alpha value is -0.890. The standard InChI is InChI=1S/C17H26FN/c1-12-8-9-16(10-13(12)2)19-14(3)11-15-6-4-5-7-17(15)18/h4-7,12-14,16,19H,8-11H2,1-3H3. The average molecular weight is 263 g/mol. The Bertz CT molecular complexity index is 404. The van der Waals surface area contributed by atoms with Crippen molar-refractivity contribution in [3.8, 4) is 0 Å². The van der Waals surface area contributed by atoms with Crippen LogP contribution < -0.4 is 5.32 Å². The molecule has 0 aliphatic heterocycles. The summed E-state index contributed by atoms with van der Waals surface area (Å²) in [5.74, 6) is 1.56. The summed E-state index contributed by atoms with van der Waals surface area (Å²) >= 11 is 0. The third kappa shape index (κ3) is 4.04. The van der Waals surface area contributed by atoms with Crippen LogP contribution in [-0.4, -0.2) is 12.1 Å². The number of hydrogen-bond donors (Lipinski definition) is 1. The Morgan fingerprint density at radius 1 is 1.21 bits per heavy atom. The SMILES string of the molecule is CC(Cc1ccccc1F)NC1CCC(C)C(C)C1. The van der Waals surface area contributed by atoms with Crippen molar-refractivity contribution in [2.24, 2.45) is 11.8 Å². The maximum absolute atomic E-state index is 13.6. The Morgan fingerprint density at radius 3 is 2.63 bits per heavy atom. The van der Waals surface area contributed by atoms with Gasteiger partial charge in [-0.15, -0.1) is 0 Å². The quantitative estimate of drug-likeness (QED) is 0.859. The Balaban J connectivity index is 1.85. The molecule has 1 N–H and O–H groups in total. The third-order valence-electron chi connectivity index (χ3n) is 4.60. The molecule has 1 aliphatic rings. The topological polar surface area (TPSA) is 12.0 Å². The molecular formula is C17H26FN. The molecule has 1 aliphatic carbocycles. The summed E-state index contributed by atoms with van der Waals surface area (Å²) in [7, 11) is 0. The normalized spacial score (nSPS) is 29.2. The van der Waals surface area contributed by atoms with Crippen LogP contribution in [0, 0.1) is 17.7 Å². The maximum Gasteiger partial charge on any atom is 0.126 e. The zero-order valence-electron chi connectivity index (χ0n) is 12.3. The molecule has 1 saturated carbocycles. The highest BCUT2D eigenvalue weighted by molar-refractivity contribution is 5.18. The van der Waals surface area contributed by atoms with Gasteiger partial charge in [-0.2, -0.15) is 0 Å². The number of halogens is 1. The van der Waals surface area contributed by atoms with Crippen LogP contribution in [0.25, 0.3) is 0 Å². The van der Waals surface area contributed by atoms with Gasteiger partial charge in [0.2, 0.25) is 0 Å². The molecule has 1 nitrogen and oxygen atoms in total. The van der Waals surface area contributed by atoms with Gasteiger partial charge in [0.25, 0.3) is 0 Å². The number of benzene rings is 1. The van der Waals surface area contributed by atoms with Crippen LogP contribution in [0.3, 0.4) is 0 Å². The lowest BCUT2D eigenvalue weighted by atomic mass is 9.79. The minimum atomic E-state index is -0.0817. The van der Waals surface area contributed by atoms with Gasteiger partial charge in [-0.1, -0.05) is 32.0 Å². The highest BCUT2D eigenvalue weighted by Gasteiger charge is 2.25. The molecular weight excluding hydrogens is 237 g/mol. The maximum atomic E-state index is 13.6. The molecule has 1 aromatic rings. The molecule has 2 rings (SSSR count). The van der Waals surface area contributed by atoms with E-state index < -0.39 is 0 Å². The first-order valence-corrected chi connectivity index (χ1v) is 7.55. The van der Waals surface area contributed by atoms with E-state index in [2.05, 4.69) is 26.1 Å². The van der Waals surface area contributed by atoms with Crippen molar-refractivity contribution in [2.75, 3.05) is 0 Å². The van der Waals surface area contributed by atoms with Gasteiger partial charge in [-0.25, -0.2) is 4.39 Å². The minimum absolute atomic E-state index is 0.0817. The van der Waals surface area contributed by atoms with Gasteiger partial charge >= 0.3 is 0 Å². The Morgan fingerprint density at radius 2 is 1.95 bits per heavy atom. The van der Waals surface area contributed by atoms with E-state index in [0.717, 1.165) is 23.8 Å². The molecule has 0 spiro atoms. The van der Waals surface area contributed by atoms with Crippen LogP contribution in [0.2, 0.25) is 0 Å². The molecule has 4 atom stereocenters. The monoisotopic (exact) mass is 263 g/mol. The van der Waals surface area contributed by atoms with Crippen molar-refractivity contribution in [3.05, 3.63) is 35.6 Å².